The molecular weight excluding hydrogens is 340 g/mol. The number of ether oxygens (including phenoxy) is 2. The van der Waals surface area contributed by atoms with Crippen molar-refractivity contribution < 1.29 is 19.1 Å². The van der Waals surface area contributed by atoms with Crippen LogP contribution in [0.1, 0.15) is 34.1 Å². The van der Waals surface area contributed by atoms with Crippen LogP contribution in [0.25, 0.3) is 0 Å². The molecule has 2 aromatic rings. The number of ketones is 1. The van der Waals surface area contributed by atoms with E-state index in [-0.39, 0.29) is 35.6 Å². The van der Waals surface area contributed by atoms with Crippen molar-refractivity contribution in [1.29, 1.82) is 0 Å². The Morgan fingerprint density at radius 2 is 2.04 bits per heavy atom. The van der Waals surface area contributed by atoms with E-state index in [0.717, 1.165) is 0 Å². The summed E-state index contributed by atoms with van der Waals surface area (Å²) in [5, 5.41) is 0. The molecule has 0 spiro atoms. The van der Waals surface area contributed by atoms with Gasteiger partial charge < -0.3 is 18.6 Å². The standard InChI is InChI=1S/C18H18N2O6/c1-10-7-14-16(18(24)19(10)2)12(21)8-13(26-14)11-5-4-6-20(17(11)23)9-15(22)25-3/h4-7,13H,8-9H2,1-3H3. The smallest absolute Gasteiger partial charge is 0.325 e. The molecule has 1 aliphatic rings. The van der Waals surface area contributed by atoms with Gasteiger partial charge in [-0.2, -0.15) is 0 Å². The molecule has 3 heterocycles. The molecule has 0 aromatic carbocycles. The fraction of sp³-hybridized carbons (Fsp3) is 0.333. The van der Waals surface area contributed by atoms with Crippen molar-refractivity contribution in [3.8, 4) is 5.75 Å². The van der Waals surface area contributed by atoms with Crippen LogP contribution < -0.4 is 15.9 Å². The first kappa shape index (κ1) is 17.7. The number of methoxy groups -OCH3 is 1. The summed E-state index contributed by atoms with van der Waals surface area (Å²) in [5.41, 5.74) is 0.0200. The maximum atomic E-state index is 12.6. The van der Waals surface area contributed by atoms with E-state index < -0.39 is 23.2 Å². The fourth-order valence-electron chi connectivity index (χ4n) is 2.91. The zero-order valence-corrected chi connectivity index (χ0v) is 14.6. The third-order valence-electron chi connectivity index (χ3n) is 4.48. The van der Waals surface area contributed by atoms with Crippen molar-refractivity contribution >= 4 is 11.8 Å². The Bertz CT molecular complexity index is 1020. The van der Waals surface area contributed by atoms with Crippen LogP contribution in [0.2, 0.25) is 0 Å². The Labute approximate surface area is 148 Å². The van der Waals surface area contributed by atoms with Crippen LogP contribution in [0.15, 0.2) is 34.0 Å². The molecule has 1 unspecified atom stereocenters. The van der Waals surface area contributed by atoms with Crippen LogP contribution >= 0.6 is 0 Å². The predicted octanol–water partition coefficient (Wildman–Crippen LogP) is 0.735. The molecule has 8 heteroatoms. The average Bonchev–Trinajstić information content (AvgIpc) is 2.60. The van der Waals surface area contributed by atoms with Gasteiger partial charge in [0.2, 0.25) is 0 Å². The van der Waals surface area contributed by atoms with Gasteiger partial charge in [-0.25, -0.2) is 0 Å². The molecule has 136 valence electrons. The Kier molecular flexibility index (Phi) is 4.50. The van der Waals surface area contributed by atoms with Crippen LogP contribution in [0, 0.1) is 6.92 Å². The number of nitrogens with zero attached hydrogens (tertiary/aromatic N) is 2. The number of pyridine rings is 2. The van der Waals surface area contributed by atoms with Gasteiger partial charge in [-0.05, 0) is 19.1 Å². The molecule has 0 radical (unpaired) electrons. The van der Waals surface area contributed by atoms with Crippen molar-refractivity contribution in [3.63, 3.8) is 0 Å². The second-order valence-electron chi connectivity index (χ2n) is 6.10. The van der Waals surface area contributed by atoms with Gasteiger partial charge in [0.25, 0.3) is 11.1 Å². The number of hydrogen-bond acceptors (Lipinski definition) is 6. The Morgan fingerprint density at radius 1 is 1.31 bits per heavy atom. The topological polar surface area (TPSA) is 96.6 Å². The largest absolute Gasteiger partial charge is 0.484 e. The molecule has 0 fully saturated rings. The first-order valence-electron chi connectivity index (χ1n) is 8.00. The summed E-state index contributed by atoms with van der Waals surface area (Å²) in [5.74, 6) is -0.761. The van der Waals surface area contributed by atoms with Gasteiger partial charge in [-0.3, -0.25) is 19.2 Å². The minimum atomic E-state index is -0.820. The zero-order valence-electron chi connectivity index (χ0n) is 14.6. The highest BCUT2D eigenvalue weighted by molar-refractivity contribution is 5.99. The van der Waals surface area contributed by atoms with Crippen molar-refractivity contribution in [3.05, 3.63) is 61.9 Å². The molecule has 0 saturated heterocycles. The fourth-order valence-corrected chi connectivity index (χ4v) is 2.91. The van der Waals surface area contributed by atoms with Gasteiger partial charge in [-0.1, -0.05) is 0 Å². The van der Waals surface area contributed by atoms with Crippen LogP contribution in [0.5, 0.6) is 5.75 Å². The number of aryl methyl sites for hydroxylation is 1. The summed E-state index contributed by atoms with van der Waals surface area (Å²) in [6, 6.07) is 4.75. The second kappa shape index (κ2) is 6.62. The molecule has 1 atom stereocenters. The maximum absolute atomic E-state index is 12.6. The number of esters is 1. The molecule has 26 heavy (non-hydrogen) atoms. The van der Waals surface area contributed by atoms with Crippen LogP contribution in [0.4, 0.5) is 0 Å². The van der Waals surface area contributed by atoms with Gasteiger partial charge in [0.1, 0.15) is 24.0 Å². The van der Waals surface area contributed by atoms with Gasteiger partial charge >= 0.3 is 5.97 Å². The van der Waals surface area contributed by atoms with Crippen molar-refractivity contribution in [2.24, 2.45) is 7.05 Å². The van der Waals surface area contributed by atoms with Gasteiger partial charge in [0.05, 0.1) is 19.1 Å². The minimum Gasteiger partial charge on any atom is -0.484 e. The SMILES string of the molecule is COC(=O)Cn1cccc(C2CC(=O)c3c(cc(C)n(C)c3=O)O2)c1=O. The molecule has 1 aliphatic heterocycles. The number of hydrogen-bond donors (Lipinski definition) is 0. The molecule has 8 nitrogen and oxygen atoms in total. The molecule has 0 saturated carbocycles. The first-order chi connectivity index (χ1) is 12.3. The van der Waals surface area contributed by atoms with Crippen molar-refractivity contribution in [2.45, 2.75) is 26.0 Å². The van der Waals surface area contributed by atoms with Gasteiger partial charge in [0.15, 0.2) is 5.78 Å². The summed E-state index contributed by atoms with van der Waals surface area (Å²) in [6.45, 7) is 1.49. The lowest BCUT2D eigenvalue weighted by Gasteiger charge is -2.25. The number of rotatable bonds is 3. The lowest BCUT2D eigenvalue weighted by Crippen LogP contribution is -2.35. The molecule has 0 N–H and O–H groups in total. The van der Waals surface area contributed by atoms with Crippen LogP contribution in [-0.4, -0.2) is 28.0 Å². The zero-order chi connectivity index (χ0) is 19.0. The van der Waals surface area contributed by atoms with Gasteiger partial charge in [-0.15, -0.1) is 0 Å². The molecule has 3 rings (SSSR count). The van der Waals surface area contributed by atoms with Crippen molar-refractivity contribution in [1.82, 2.24) is 9.13 Å². The Balaban J connectivity index is 2.02. The Hall–Kier alpha value is -3.16. The van der Waals surface area contributed by atoms with Crippen LogP contribution in [-0.2, 0) is 23.1 Å². The highest BCUT2D eigenvalue weighted by atomic mass is 16.5. The lowest BCUT2D eigenvalue weighted by molar-refractivity contribution is -0.141. The molecule has 2 aromatic heterocycles. The van der Waals surface area contributed by atoms with E-state index in [4.69, 9.17) is 4.74 Å². The van der Waals surface area contributed by atoms with E-state index in [1.807, 2.05) is 0 Å². The monoisotopic (exact) mass is 358 g/mol. The van der Waals surface area contributed by atoms with Crippen LogP contribution in [0.3, 0.4) is 0 Å². The Morgan fingerprint density at radius 3 is 2.73 bits per heavy atom. The van der Waals surface area contributed by atoms with E-state index in [9.17, 15) is 19.2 Å². The third-order valence-corrected chi connectivity index (χ3v) is 4.48. The highest BCUT2D eigenvalue weighted by Gasteiger charge is 2.32. The summed E-state index contributed by atoms with van der Waals surface area (Å²) < 4.78 is 13.0. The molecule has 0 amide bonds. The lowest BCUT2D eigenvalue weighted by atomic mass is 9.97. The van der Waals surface area contributed by atoms with E-state index in [1.165, 1.54) is 22.4 Å². The molecule has 0 aliphatic carbocycles. The number of fused-ring (bicyclic) bond motifs is 1. The maximum Gasteiger partial charge on any atom is 0.325 e. The summed E-state index contributed by atoms with van der Waals surface area (Å²) in [7, 11) is 2.82. The second-order valence-corrected chi connectivity index (χ2v) is 6.10. The highest BCUT2D eigenvalue weighted by Crippen LogP contribution is 2.32. The van der Waals surface area contributed by atoms with Gasteiger partial charge in [0, 0.05) is 25.0 Å². The predicted molar refractivity (Wildman–Crippen MR) is 91.5 cm³/mol. The van der Waals surface area contributed by atoms with E-state index >= 15 is 0 Å². The average molecular weight is 358 g/mol. The molecular formula is C18H18N2O6. The summed E-state index contributed by atoms with van der Waals surface area (Å²) in [6.07, 6.45) is 0.517. The van der Waals surface area contributed by atoms with Crippen molar-refractivity contribution in [2.75, 3.05) is 7.11 Å². The summed E-state index contributed by atoms with van der Waals surface area (Å²) >= 11 is 0. The molecule has 0 bridgehead atoms. The number of carbonyl (C=O) groups excluding carboxylic acids is 2. The quantitative estimate of drug-likeness (QED) is 0.751. The summed E-state index contributed by atoms with van der Waals surface area (Å²) in [4.78, 5) is 48.9. The first-order valence-corrected chi connectivity index (χ1v) is 8.00. The van der Waals surface area contributed by atoms with E-state index in [2.05, 4.69) is 4.74 Å². The normalized spacial score (nSPS) is 16.0. The number of carbonyl (C=O) groups is 2. The number of Topliss-reactive ketones (excluding diaryl/α,β-unsaturated/α-hetero) is 1. The third kappa shape index (κ3) is 2.94. The van der Waals surface area contributed by atoms with E-state index in [1.54, 1.807) is 32.2 Å². The van der Waals surface area contributed by atoms with E-state index in [0.29, 0.717) is 5.69 Å². The number of aromatic nitrogens is 2. The minimum absolute atomic E-state index is 0.000155.